The van der Waals surface area contributed by atoms with Gasteiger partial charge in [-0.2, -0.15) is 4.31 Å². The van der Waals surface area contributed by atoms with Crippen LogP contribution in [0, 0.1) is 0 Å². The summed E-state index contributed by atoms with van der Waals surface area (Å²) in [7, 11) is -3.73. The fourth-order valence-corrected chi connectivity index (χ4v) is 5.60. The largest absolute Gasteiger partial charge is 0.346 e. The van der Waals surface area contributed by atoms with Gasteiger partial charge in [0.15, 0.2) is 0 Å². The molecule has 160 valence electrons. The van der Waals surface area contributed by atoms with E-state index in [-0.39, 0.29) is 11.4 Å². The fourth-order valence-electron chi connectivity index (χ4n) is 3.72. The van der Waals surface area contributed by atoms with Crippen LogP contribution in [0.3, 0.4) is 0 Å². The van der Waals surface area contributed by atoms with Crippen molar-refractivity contribution in [2.75, 3.05) is 6.54 Å². The highest BCUT2D eigenvalue weighted by Crippen LogP contribution is 2.26. The average molecular weight is 454 g/mol. The number of rotatable bonds is 8. The van der Waals surface area contributed by atoms with Gasteiger partial charge in [0.25, 0.3) is 0 Å². The summed E-state index contributed by atoms with van der Waals surface area (Å²) >= 11 is 6.12. The highest BCUT2D eigenvalue weighted by atomic mass is 35.5. The Morgan fingerprint density at radius 1 is 1.03 bits per heavy atom. The van der Waals surface area contributed by atoms with E-state index in [1.54, 1.807) is 22.6 Å². The third kappa shape index (κ3) is 4.66. The van der Waals surface area contributed by atoms with Gasteiger partial charge < -0.3 is 4.57 Å². The third-order valence-corrected chi connectivity index (χ3v) is 7.30. The Balaban J connectivity index is 1.67. The maximum Gasteiger partial charge on any atom is 0.245 e. The lowest BCUT2D eigenvalue weighted by atomic mass is 10.2. The molecule has 2 aromatic carbocycles. The SMILES string of the molecule is CCCN(Cc1cccn1Cc1cccc(Cl)c1)S(=O)(=O)c1cccc2cccnc12. The topological polar surface area (TPSA) is 55.2 Å². The Bertz CT molecular complexity index is 1300. The maximum atomic E-state index is 13.6. The summed E-state index contributed by atoms with van der Waals surface area (Å²) in [6, 6.07) is 20.6. The van der Waals surface area contributed by atoms with Crippen LogP contribution in [0.1, 0.15) is 24.6 Å². The van der Waals surface area contributed by atoms with Crippen molar-refractivity contribution in [3.8, 4) is 0 Å². The van der Waals surface area contributed by atoms with Gasteiger partial charge in [-0.15, -0.1) is 0 Å². The standard InChI is InChI=1S/C24H24ClN3O2S/c1-2-14-28(31(29,30)23-12-4-8-20-9-5-13-26-24(20)23)18-22-11-6-15-27(22)17-19-7-3-10-21(25)16-19/h3-13,15-16H,2,14,17-18H2,1H3. The molecule has 0 saturated carbocycles. The lowest BCUT2D eigenvalue weighted by Crippen LogP contribution is -2.32. The molecule has 0 aliphatic rings. The van der Waals surface area contributed by atoms with Crippen LogP contribution < -0.4 is 0 Å². The molecule has 0 aliphatic carbocycles. The van der Waals surface area contributed by atoms with Crippen LogP contribution in [-0.4, -0.2) is 28.8 Å². The van der Waals surface area contributed by atoms with Crippen LogP contribution in [0.5, 0.6) is 0 Å². The molecule has 0 saturated heterocycles. The van der Waals surface area contributed by atoms with Crippen molar-refractivity contribution < 1.29 is 8.42 Å². The highest BCUT2D eigenvalue weighted by molar-refractivity contribution is 7.89. The Morgan fingerprint density at radius 2 is 1.84 bits per heavy atom. The molecular formula is C24H24ClN3O2S. The molecule has 0 atom stereocenters. The van der Waals surface area contributed by atoms with Crippen LogP contribution in [0.2, 0.25) is 5.02 Å². The number of benzene rings is 2. The molecular weight excluding hydrogens is 430 g/mol. The summed E-state index contributed by atoms with van der Waals surface area (Å²) in [5.74, 6) is 0. The summed E-state index contributed by atoms with van der Waals surface area (Å²) in [5.41, 5.74) is 2.48. The number of hydrogen-bond acceptors (Lipinski definition) is 3. The van der Waals surface area contributed by atoms with E-state index >= 15 is 0 Å². The predicted octanol–water partition coefficient (Wildman–Crippen LogP) is 5.34. The molecule has 0 N–H and O–H groups in total. The van der Waals surface area contributed by atoms with Gasteiger partial charge in [0.05, 0.1) is 12.1 Å². The Kier molecular flexibility index (Phi) is 6.41. The van der Waals surface area contributed by atoms with Gasteiger partial charge in [-0.3, -0.25) is 4.98 Å². The van der Waals surface area contributed by atoms with E-state index in [2.05, 4.69) is 9.55 Å². The molecule has 7 heteroatoms. The number of sulfonamides is 1. The van der Waals surface area contributed by atoms with E-state index in [0.29, 0.717) is 30.0 Å². The molecule has 0 unspecified atom stereocenters. The lowest BCUT2D eigenvalue weighted by Gasteiger charge is -2.23. The second kappa shape index (κ2) is 9.22. The Morgan fingerprint density at radius 3 is 2.65 bits per heavy atom. The fraction of sp³-hybridized carbons (Fsp3) is 0.208. The molecule has 4 aromatic rings. The minimum atomic E-state index is -3.73. The minimum Gasteiger partial charge on any atom is -0.346 e. The minimum absolute atomic E-state index is 0.243. The highest BCUT2D eigenvalue weighted by Gasteiger charge is 2.27. The zero-order valence-electron chi connectivity index (χ0n) is 17.3. The zero-order chi connectivity index (χ0) is 21.8. The molecule has 31 heavy (non-hydrogen) atoms. The molecule has 5 nitrogen and oxygen atoms in total. The zero-order valence-corrected chi connectivity index (χ0v) is 18.9. The number of aromatic nitrogens is 2. The van der Waals surface area contributed by atoms with E-state index in [0.717, 1.165) is 16.6 Å². The lowest BCUT2D eigenvalue weighted by molar-refractivity contribution is 0.396. The summed E-state index contributed by atoms with van der Waals surface area (Å²) < 4.78 is 30.9. The second-order valence-corrected chi connectivity index (χ2v) is 9.77. The van der Waals surface area contributed by atoms with Crippen molar-refractivity contribution >= 4 is 32.5 Å². The van der Waals surface area contributed by atoms with Crippen molar-refractivity contribution in [1.82, 2.24) is 13.9 Å². The molecule has 4 rings (SSSR count). The number of para-hydroxylation sites is 1. The van der Waals surface area contributed by atoms with E-state index in [4.69, 9.17) is 11.6 Å². The van der Waals surface area contributed by atoms with Gasteiger partial charge in [0, 0.05) is 41.6 Å². The van der Waals surface area contributed by atoms with Gasteiger partial charge in [-0.1, -0.05) is 48.9 Å². The number of nitrogens with zero attached hydrogens (tertiary/aromatic N) is 3. The summed E-state index contributed by atoms with van der Waals surface area (Å²) in [6.07, 6.45) is 4.31. The molecule has 0 bridgehead atoms. The van der Waals surface area contributed by atoms with Gasteiger partial charge in [-0.25, -0.2) is 8.42 Å². The quantitative estimate of drug-likeness (QED) is 0.362. The Hall–Kier alpha value is -2.67. The van der Waals surface area contributed by atoms with Crippen molar-refractivity contribution in [2.45, 2.75) is 31.3 Å². The number of hydrogen-bond donors (Lipinski definition) is 0. The van der Waals surface area contributed by atoms with E-state index < -0.39 is 10.0 Å². The van der Waals surface area contributed by atoms with Crippen LogP contribution in [-0.2, 0) is 23.1 Å². The van der Waals surface area contributed by atoms with E-state index in [9.17, 15) is 8.42 Å². The third-order valence-electron chi connectivity index (χ3n) is 5.19. The normalized spacial score (nSPS) is 12.0. The summed E-state index contributed by atoms with van der Waals surface area (Å²) in [6.45, 7) is 3.31. The average Bonchev–Trinajstić information content (AvgIpc) is 3.19. The Labute approximate surface area is 188 Å². The number of pyridine rings is 1. The van der Waals surface area contributed by atoms with Crippen molar-refractivity contribution in [3.63, 3.8) is 0 Å². The smallest absolute Gasteiger partial charge is 0.245 e. The van der Waals surface area contributed by atoms with Crippen molar-refractivity contribution in [2.24, 2.45) is 0 Å². The van der Waals surface area contributed by atoms with Crippen LogP contribution in [0.15, 0.2) is 84.0 Å². The van der Waals surface area contributed by atoms with E-state index in [1.807, 2.05) is 67.7 Å². The van der Waals surface area contributed by atoms with Crippen LogP contribution in [0.25, 0.3) is 10.9 Å². The molecule has 0 fully saturated rings. The van der Waals surface area contributed by atoms with Crippen LogP contribution in [0.4, 0.5) is 0 Å². The molecule has 0 spiro atoms. The van der Waals surface area contributed by atoms with Crippen molar-refractivity contribution in [1.29, 1.82) is 0 Å². The molecule has 0 radical (unpaired) electrons. The first-order valence-electron chi connectivity index (χ1n) is 10.2. The monoisotopic (exact) mass is 453 g/mol. The number of fused-ring (bicyclic) bond motifs is 1. The van der Waals surface area contributed by atoms with Gasteiger partial charge in [0.1, 0.15) is 4.90 Å². The first-order chi connectivity index (χ1) is 15.0. The summed E-state index contributed by atoms with van der Waals surface area (Å²) in [5, 5.41) is 1.49. The predicted molar refractivity (Wildman–Crippen MR) is 125 cm³/mol. The first-order valence-corrected chi connectivity index (χ1v) is 12.0. The second-order valence-electron chi connectivity index (χ2n) is 7.43. The van der Waals surface area contributed by atoms with E-state index in [1.165, 1.54) is 0 Å². The molecule has 2 aromatic heterocycles. The maximum absolute atomic E-state index is 13.6. The number of halogens is 1. The van der Waals surface area contributed by atoms with Crippen molar-refractivity contribution in [3.05, 3.63) is 95.4 Å². The van der Waals surface area contributed by atoms with Crippen LogP contribution >= 0.6 is 11.6 Å². The first kappa shape index (κ1) is 21.6. The van der Waals surface area contributed by atoms with Gasteiger partial charge in [0.2, 0.25) is 10.0 Å². The molecule has 2 heterocycles. The molecule has 0 amide bonds. The van der Waals surface area contributed by atoms with Gasteiger partial charge in [-0.05, 0) is 48.4 Å². The molecule has 0 aliphatic heterocycles. The summed E-state index contributed by atoms with van der Waals surface area (Å²) in [4.78, 5) is 4.59. The van der Waals surface area contributed by atoms with Gasteiger partial charge >= 0.3 is 0 Å².